The summed E-state index contributed by atoms with van der Waals surface area (Å²) < 4.78 is 6.02. The van der Waals surface area contributed by atoms with Crippen LogP contribution < -0.4 is 21.7 Å². The fourth-order valence-corrected chi connectivity index (χ4v) is 6.21. The molecule has 1 aliphatic heterocycles. The lowest BCUT2D eigenvalue weighted by atomic mass is 9.99. The summed E-state index contributed by atoms with van der Waals surface area (Å²) in [6, 6.07) is 19.2. The normalized spacial score (nSPS) is 16.1. The number of amides is 5. The second kappa shape index (κ2) is 18.3. The molecule has 3 aromatic rings. The maximum Gasteiger partial charge on any atom is 0.254 e. The predicted molar refractivity (Wildman–Crippen MR) is 197 cm³/mol. The molecule has 1 heterocycles. The molecule has 6 N–H and O–H groups in total. The Balaban J connectivity index is 1.50. The lowest BCUT2D eigenvalue weighted by Crippen LogP contribution is -2.59. The molecular weight excluding hydrogens is 709 g/mol. The number of carbonyl (C=O) groups is 5. The summed E-state index contributed by atoms with van der Waals surface area (Å²) in [6.07, 6.45) is -2.04. The Morgan fingerprint density at radius 3 is 2.02 bits per heavy atom. The highest BCUT2D eigenvalue weighted by Gasteiger charge is 2.41. The van der Waals surface area contributed by atoms with E-state index in [-0.39, 0.29) is 18.9 Å². The molecule has 0 bridgehead atoms. The van der Waals surface area contributed by atoms with E-state index < -0.39 is 72.5 Å². The molecule has 0 saturated carbocycles. The molecule has 1 aliphatic rings. The van der Waals surface area contributed by atoms with E-state index >= 15 is 0 Å². The third kappa shape index (κ3) is 11.8. The van der Waals surface area contributed by atoms with Crippen molar-refractivity contribution in [3.63, 3.8) is 0 Å². The van der Waals surface area contributed by atoms with E-state index in [9.17, 15) is 29.1 Å². The number of benzene rings is 3. The minimum atomic E-state index is -1.76. The average Bonchev–Trinajstić information content (AvgIpc) is 3.59. The van der Waals surface area contributed by atoms with Gasteiger partial charge in [0.2, 0.25) is 23.6 Å². The van der Waals surface area contributed by atoms with Gasteiger partial charge in [0, 0.05) is 22.1 Å². The van der Waals surface area contributed by atoms with Gasteiger partial charge in [-0.2, -0.15) is 0 Å². The van der Waals surface area contributed by atoms with Crippen molar-refractivity contribution in [2.75, 3.05) is 13.2 Å². The van der Waals surface area contributed by atoms with Crippen LogP contribution in [0.4, 0.5) is 0 Å². The van der Waals surface area contributed by atoms with Gasteiger partial charge in [0.1, 0.15) is 24.8 Å². The van der Waals surface area contributed by atoms with Crippen LogP contribution >= 0.6 is 23.2 Å². The van der Waals surface area contributed by atoms with Crippen molar-refractivity contribution in [2.45, 2.75) is 82.3 Å². The second-order valence-electron chi connectivity index (χ2n) is 13.8. The van der Waals surface area contributed by atoms with E-state index in [0.717, 1.165) is 0 Å². The van der Waals surface area contributed by atoms with Gasteiger partial charge in [-0.05, 0) is 81.0 Å². The first-order chi connectivity index (χ1) is 24.6. The lowest BCUT2D eigenvalue weighted by molar-refractivity contribution is -0.147. The first-order valence-electron chi connectivity index (χ1n) is 17.0. The number of hydrogen-bond acceptors (Lipinski definition) is 7. The maximum absolute atomic E-state index is 13.8. The molecule has 0 unspecified atom stereocenters. The maximum atomic E-state index is 13.8. The van der Waals surface area contributed by atoms with Gasteiger partial charge in [0.05, 0.1) is 12.5 Å². The zero-order valence-electron chi connectivity index (χ0n) is 29.3. The molecule has 12 nitrogen and oxygen atoms in total. The van der Waals surface area contributed by atoms with E-state index in [1.165, 1.54) is 4.90 Å². The second-order valence-corrected chi connectivity index (χ2v) is 14.6. The van der Waals surface area contributed by atoms with Crippen LogP contribution in [0.15, 0.2) is 78.9 Å². The van der Waals surface area contributed by atoms with Crippen LogP contribution in [0.3, 0.4) is 0 Å². The predicted octanol–water partition coefficient (Wildman–Crippen LogP) is 3.45. The summed E-state index contributed by atoms with van der Waals surface area (Å²) in [5.41, 5.74) is 7.03. The number of hydrogen-bond donors (Lipinski definition) is 5. The number of likely N-dealkylation sites (tertiary alicyclic amines) is 1. The van der Waals surface area contributed by atoms with Crippen molar-refractivity contribution in [1.29, 1.82) is 0 Å². The minimum absolute atomic E-state index is 0.0242. The number of nitrogens with zero attached hydrogens (tertiary/aromatic N) is 1. The van der Waals surface area contributed by atoms with Crippen molar-refractivity contribution in [2.24, 2.45) is 5.73 Å². The number of nitrogens with one attached hydrogen (secondary N) is 3. The highest BCUT2D eigenvalue weighted by Crippen LogP contribution is 2.28. The smallest absolute Gasteiger partial charge is 0.254 e. The van der Waals surface area contributed by atoms with E-state index in [0.29, 0.717) is 39.6 Å². The molecule has 4 rings (SSSR count). The largest absolute Gasteiger partial charge is 0.381 e. The van der Waals surface area contributed by atoms with Gasteiger partial charge in [-0.25, -0.2) is 0 Å². The number of aliphatic hydroxyl groups excluding tert-OH is 1. The SMILES string of the molecule is CC(C)(C)NC(=O)[C@@H]1CCCN1C(=O)[C@@H](O)[C@H](Cc1ccccc1)NC(=O)[C@H](CC(N)=O)NC(=O)COC(c1ccc(Cl)cc1)c1ccc(Cl)cc1. The molecule has 14 heteroatoms. The summed E-state index contributed by atoms with van der Waals surface area (Å²) in [5, 5.41) is 20.6. The molecule has 0 radical (unpaired) electrons. The molecule has 3 aromatic carbocycles. The molecule has 1 saturated heterocycles. The van der Waals surface area contributed by atoms with E-state index in [1.807, 2.05) is 20.8 Å². The van der Waals surface area contributed by atoms with Crippen LogP contribution in [-0.4, -0.2) is 82.5 Å². The fourth-order valence-electron chi connectivity index (χ4n) is 5.96. The molecule has 52 heavy (non-hydrogen) atoms. The van der Waals surface area contributed by atoms with Gasteiger partial charge in [-0.3, -0.25) is 24.0 Å². The Kier molecular flexibility index (Phi) is 14.2. The number of rotatable bonds is 15. The Bertz CT molecular complexity index is 1660. The molecule has 4 atom stereocenters. The first-order valence-corrected chi connectivity index (χ1v) is 17.7. The summed E-state index contributed by atoms with van der Waals surface area (Å²) in [6.45, 7) is 5.23. The van der Waals surface area contributed by atoms with E-state index in [1.54, 1.807) is 78.9 Å². The zero-order chi connectivity index (χ0) is 38.0. The van der Waals surface area contributed by atoms with Crippen molar-refractivity contribution >= 4 is 52.7 Å². The molecular formula is C38H45Cl2N5O7. The number of halogens is 2. The molecule has 0 aliphatic carbocycles. The quantitative estimate of drug-likeness (QED) is 0.158. The number of nitrogens with two attached hydrogens (primary N) is 1. The van der Waals surface area contributed by atoms with Crippen molar-refractivity contribution < 1.29 is 33.8 Å². The van der Waals surface area contributed by atoms with Crippen LogP contribution in [0.25, 0.3) is 0 Å². The minimum Gasteiger partial charge on any atom is -0.381 e. The molecule has 278 valence electrons. The van der Waals surface area contributed by atoms with E-state index in [2.05, 4.69) is 16.0 Å². The number of carbonyl (C=O) groups excluding carboxylic acids is 5. The average molecular weight is 755 g/mol. The Morgan fingerprint density at radius 2 is 1.48 bits per heavy atom. The lowest BCUT2D eigenvalue weighted by Gasteiger charge is -2.32. The molecule has 1 fully saturated rings. The van der Waals surface area contributed by atoms with Crippen LogP contribution in [0.2, 0.25) is 10.0 Å². The summed E-state index contributed by atoms with van der Waals surface area (Å²) >= 11 is 12.2. The number of ether oxygens (including phenoxy) is 1. The van der Waals surface area contributed by atoms with Crippen LogP contribution in [-0.2, 0) is 35.1 Å². The number of primary amides is 1. The monoisotopic (exact) mass is 753 g/mol. The summed E-state index contributed by atoms with van der Waals surface area (Å²) in [5.74, 6) is -3.52. The molecule has 0 aromatic heterocycles. The zero-order valence-corrected chi connectivity index (χ0v) is 30.8. The Hall–Kier alpha value is -4.49. The van der Waals surface area contributed by atoms with Gasteiger partial charge in [-0.1, -0.05) is 77.8 Å². The van der Waals surface area contributed by atoms with Crippen LogP contribution in [0, 0.1) is 0 Å². The van der Waals surface area contributed by atoms with Crippen LogP contribution in [0.5, 0.6) is 0 Å². The first kappa shape index (κ1) is 40.3. The van der Waals surface area contributed by atoms with Crippen molar-refractivity contribution in [3.05, 3.63) is 106 Å². The van der Waals surface area contributed by atoms with Gasteiger partial charge in [0.15, 0.2) is 6.10 Å². The highest BCUT2D eigenvalue weighted by atomic mass is 35.5. The molecule has 0 spiro atoms. The van der Waals surface area contributed by atoms with Crippen molar-refractivity contribution in [1.82, 2.24) is 20.9 Å². The van der Waals surface area contributed by atoms with E-state index in [4.69, 9.17) is 33.7 Å². The third-order valence-electron chi connectivity index (χ3n) is 8.38. The fraction of sp³-hybridized carbons (Fsp3) is 0.395. The molecule has 5 amide bonds. The summed E-state index contributed by atoms with van der Waals surface area (Å²) in [7, 11) is 0. The standard InChI is InChI=1S/C38H45Cl2N5O7/c1-38(2,3)44-36(50)30-10-7-19-45(30)37(51)33(48)28(20-23-8-5-4-6-9-23)43-35(49)29(21-31(41)46)42-32(47)22-52-34(24-11-15-26(39)16-12-24)25-13-17-27(40)18-14-25/h4-6,8-9,11-18,28-30,33-34,48H,7,10,19-22H2,1-3H3,(H2,41,46)(H,42,47)(H,43,49)(H,44,50)/t28-,29-,30-,33-/m0/s1. The van der Waals surface area contributed by atoms with Gasteiger partial charge in [-0.15, -0.1) is 0 Å². The topological polar surface area (TPSA) is 180 Å². The van der Waals surface area contributed by atoms with Gasteiger partial charge >= 0.3 is 0 Å². The summed E-state index contributed by atoms with van der Waals surface area (Å²) in [4.78, 5) is 67.2. The van der Waals surface area contributed by atoms with Crippen LogP contribution in [0.1, 0.15) is 62.8 Å². The Morgan fingerprint density at radius 1 is 0.904 bits per heavy atom. The van der Waals surface area contributed by atoms with Crippen molar-refractivity contribution in [3.8, 4) is 0 Å². The Labute approximate surface area is 313 Å². The number of aliphatic hydroxyl groups is 1. The van der Waals surface area contributed by atoms with Gasteiger partial charge in [0.25, 0.3) is 5.91 Å². The highest BCUT2D eigenvalue weighted by molar-refractivity contribution is 6.30. The van der Waals surface area contributed by atoms with Gasteiger partial charge < -0.3 is 36.4 Å². The third-order valence-corrected chi connectivity index (χ3v) is 8.88.